The van der Waals surface area contributed by atoms with Gasteiger partial charge in [0.2, 0.25) is 17.7 Å². The molecule has 29 heavy (non-hydrogen) atoms. The molecule has 3 rings (SSSR count). The SMILES string of the molecule is CC(=O)N[C@@H](C)COc1cnc(Oc2ccc3nc(C(C)(F)F)sc3c2F)cn1. The van der Waals surface area contributed by atoms with E-state index in [1.807, 2.05) is 0 Å². The molecule has 1 N–H and O–H groups in total. The third kappa shape index (κ3) is 5.11. The van der Waals surface area contributed by atoms with Crippen LogP contribution in [0.15, 0.2) is 24.5 Å². The summed E-state index contributed by atoms with van der Waals surface area (Å²) in [7, 11) is 0. The first-order valence-corrected chi connectivity index (χ1v) is 9.32. The van der Waals surface area contributed by atoms with Gasteiger partial charge in [0, 0.05) is 13.8 Å². The molecule has 2 heterocycles. The zero-order valence-electron chi connectivity index (χ0n) is 15.7. The molecule has 3 aromatic rings. The number of fused-ring (bicyclic) bond motifs is 1. The maximum Gasteiger partial charge on any atom is 0.296 e. The number of carbonyl (C=O) groups excluding carboxylic acids is 1. The van der Waals surface area contributed by atoms with E-state index in [1.165, 1.54) is 31.5 Å². The Morgan fingerprint density at radius 2 is 1.97 bits per heavy atom. The summed E-state index contributed by atoms with van der Waals surface area (Å²) in [6.07, 6.45) is 2.52. The van der Waals surface area contributed by atoms with Crippen LogP contribution < -0.4 is 14.8 Å². The van der Waals surface area contributed by atoms with Crippen molar-refractivity contribution >= 4 is 27.5 Å². The monoisotopic (exact) mass is 426 g/mol. The van der Waals surface area contributed by atoms with Crippen LogP contribution in [-0.2, 0) is 10.7 Å². The van der Waals surface area contributed by atoms with Gasteiger partial charge in [-0.1, -0.05) is 0 Å². The predicted octanol–water partition coefficient (Wildman–Crippen LogP) is 4.03. The molecule has 154 valence electrons. The number of nitrogens with one attached hydrogen (secondary N) is 1. The van der Waals surface area contributed by atoms with Gasteiger partial charge in [-0.2, -0.15) is 8.78 Å². The third-order valence-electron chi connectivity index (χ3n) is 3.59. The molecule has 2 aromatic heterocycles. The number of rotatable bonds is 7. The van der Waals surface area contributed by atoms with Gasteiger partial charge in [0.15, 0.2) is 16.6 Å². The molecule has 0 bridgehead atoms. The second kappa shape index (κ2) is 8.19. The van der Waals surface area contributed by atoms with E-state index in [2.05, 4.69) is 20.3 Å². The lowest BCUT2D eigenvalue weighted by molar-refractivity contribution is -0.119. The highest BCUT2D eigenvalue weighted by Crippen LogP contribution is 2.38. The Balaban J connectivity index is 1.70. The molecular formula is C18H17F3N4O3S. The number of aromatic nitrogens is 3. The molecule has 11 heteroatoms. The van der Waals surface area contributed by atoms with Crippen LogP contribution >= 0.6 is 11.3 Å². The van der Waals surface area contributed by atoms with E-state index in [1.54, 1.807) is 6.92 Å². The molecule has 1 aromatic carbocycles. The van der Waals surface area contributed by atoms with Crippen LogP contribution in [0.2, 0.25) is 0 Å². The lowest BCUT2D eigenvalue weighted by atomic mass is 10.3. The van der Waals surface area contributed by atoms with Crippen LogP contribution in [0.4, 0.5) is 13.2 Å². The molecule has 0 spiro atoms. The highest BCUT2D eigenvalue weighted by Gasteiger charge is 2.30. The van der Waals surface area contributed by atoms with Crippen LogP contribution in [0.5, 0.6) is 17.5 Å². The smallest absolute Gasteiger partial charge is 0.296 e. The minimum absolute atomic E-state index is 0.00364. The maximum absolute atomic E-state index is 14.6. The molecule has 1 atom stereocenters. The molecule has 7 nitrogen and oxygen atoms in total. The first kappa shape index (κ1) is 20.8. The van der Waals surface area contributed by atoms with Crippen LogP contribution in [0.3, 0.4) is 0 Å². The Bertz CT molecular complexity index is 1020. The van der Waals surface area contributed by atoms with Crippen molar-refractivity contribution in [2.24, 2.45) is 0 Å². The fourth-order valence-electron chi connectivity index (χ4n) is 2.35. The average Bonchev–Trinajstić information content (AvgIpc) is 3.08. The van der Waals surface area contributed by atoms with E-state index in [0.717, 1.165) is 0 Å². The van der Waals surface area contributed by atoms with Crippen LogP contribution in [-0.4, -0.2) is 33.5 Å². The van der Waals surface area contributed by atoms with Gasteiger partial charge in [-0.25, -0.2) is 19.3 Å². The fraction of sp³-hybridized carbons (Fsp3) is 0.333. The maximum atomic E-state index is 14.6. The summed E-state index contributed by atoms with van der Waals surface area (Å²) >= 11 is 0.569. The van der Waals surface area contributed by atoms with Gasteiger partial charge in [0.25, 0.3) is 5.92 Å². The Hall–Kier alpha value is -2.95. The molecule has 0 unspecified atom stereocenters. The summed E-state index contributed by atoms with van der Waals surface area (Å²) in [5.41, 5.74) is 0.125. The minimum atomic E-state index is -3.16. The van der Waals surface area contributed by atoms with Crippen molar-refractivity contribution in [2.75, 3.05) is 6.61 Å². The van der Waals surface area contributed by atoms with Crippen LogP contribution in [0, 0.1) is 5.82 Å². The van der Waals surface area contributed by atoms with Crippen molar-refractivity contribution in [1.82, 2.24) is 20.3 Å². The summed E-state index contributed by atoms with van der Waals surface area (Å²) in [5.74, 6) is -4.13. The summed E-state index contributed by atoms with van der Waals surface area (Å²) in [6.45, 7) is 4.07. The number of halogens is 3. The zero-order chi connectivity index (χ0) is 21.2. The number of ether oxygens (including phenoxy) is 2. The Kier molecular flexibility index (Phi) is 5.87. The van der Waals surface area contributed by atoms with Crippen LogP contribution in [0.25, 0.3) is 10.2 Å². The predicted molar refractivity (Wildman–Crippen MR) is 100 cm³/mol. The molecule has 0 radical (unpaired) electrons. The summed E-state index contributed by atoms with van der Waals surface area (Å²) < 4.78 is 52.2. The first-order chi connectivity index (χ1) is 13.6. The summed E-state index contributed by atoms with van der Waals surface area (Å²) in [6, 6.07) is 2.47. The quantitative estimate of drug-likeness (QED) is 0.614. The highest BCUT2D eigenvalue weighted by atomic mass is 32.1. The molecule has 0 saturated heterocycles. The number of alkyl halides is 2. The van der Waals surface area contributed by atoms with E-state index < -0.39 is 16.7 Å². The second-order valence-electron chi connectivity index (χ2n) is 6.34. The van der Waals surface area contributed by atoms with Gasteiger partial charge < -0.3 is 14.8 Å². The zero-order valence-corrected chi connectivity index (χ0v) is 16.5. The van der Waals surface area contributed by atoms with E-state index in [-0.39, 0.29) is 46.3 Å². The lowest BCUT2D eigenvalue weighted by Gasteiger charge is -2.13. The number of nitrogens with zero attached hydrogens (tertiary/aromatic N) is 3. The molecule has 0 aliphatic carbocycles. The number of hydrogen-bond donors (Lipinski definition) is 1. The lowest BCUT2D eigenvalue weighted by Crippen LogP contribution is -2.35. The molecular weight excluding hydrogens is 409 g/mol. The normalized spacial score (nSPS) is 12.6. The van der Waals surface area contributed by atoms with Gasteiger partial charge in [-0.15, -0.1) is 11.3 Å². The van der Waals surface area contributed by atoms with Gasteiger partial charge in [-0.3, -0.25) is 4.79 Å². The Morgan fingerprint density at radius 3 is 2.59 bits per heavy atom. The number of amides is 1. The van der Waals surface area contributed by atoms with E-state index in [4.69, 9.17) is 9.47 Å². The van der Waals surface area contributed by atoms with E-state index >= 15 is 0 Å². The molecule has 0 aliphatic rings. The number of carbonyl (C=O) groups is 1. The average molecular weight is 426 g/mol. The minimum Gasteiger partial charge on any atom is -0.474 e. The number of benzene rings is 1. The van der Waals surface area contributed by atoms with Crippen molar-refractivity contribution in [1.29, 1.82) is 0 Å². The van der Waals surface area contributed by atoms with E-state index in [9.17, 15) is 18.0 Å². The van der Waals surface area contributed by atoms with E-state index in [0.29, 0.717) is 18.3 Å². The summed E-state index contributed by atoms with van der Waals surface area (Å²) in [5, 5.41) is 2.19. The fourth-order valence-corrected chi connectivity index (χ4v) is 3.28. The summed E-state index contributed by atoms with van der Waals surface area (Å²) in [4.78, 5) is 22.7. The standard InChI is InChI=1S/C18H17F3N4O3S/c1-9(24-10(2)26)8-27-13-6-23-14(7-22-13)28-12-5-4-11-16(15(12)19)29-17(25-11)18(3,20)21/h4-7,9H,8H2,1-3H3,(H,24,26)/t9-/m0/s1. The first-order valence-electron chi connectivity index (χ1n) is 8.50. The van der Waals surface area contributed by atoms with Crippen molar-refractivity contribution in [3.8, 4) is 17.5 Å². The second-order valence-corrected chi connectivity index (χ2v) is 7.34. The van der Waals surface area contributed by atoms with Gasteiger partial charge in [0.1, 0.15) is 6.61 Å². The van der Waals surface area contributed by atoms with Crippen molar-refractivity contribution < 1.29 is 27.4 Å². The topological polar surface area (TPSA) is 86.2 Å². The van der Waals surface area contributed by atoms with Gasteiger partial charge >= 0.3 is 0 Å². The molecule has 0 aliphatic heterocycles. The number of hydrogen-bond acceptors (Lipinski definition) is 7. The van der Waals surface area contributed by atoms with Crippen molar-refractivity contribution in [2.45, 2.75) is 32.7 Å². The largest absolute Gasteiger partial charge is 0.474 e. The third-order valence-corrected chi connectivity index (χ3v) is 4.82. The van der Waals surface area contributed by atoms with Gasteiger partial charge in [-0.05, 0) is 19.1 Å². The molecule has 0 fully saturated rings. The van der Waals surface area contributed by atoms with Crippen molar-refractivity contribution in [3.63, 3.8) is 0 Å². The van der Waals surface area contributed by atoms with Gasteiger partial charge in [0.05, 0.1) is 28.7 Å². The molecule has 0 saturated carbocycles. The van der Waals surface area contributed by atoms with Crippen LogP contribution in [0.1, 0.15) is 25.8 Å². The highest BCUT2D eigenvalue weighted by molar-refractivity contribution is 7.18. The number of thiazole rings is 1. The van der Waals surface area contributed by atoms with Crippen molar-refractivity contribution in [3.05, 3.63) is 35.4 Å². The molecule has 1 amide bonds. The Labute approximate surface area is 167 Å². The Morgan fingerprint density at radius 1 is 1.28 bits per heavy atom.